The van der Waals surface area contributed by atoms with Crippen LogP contribution in [0, 0.1) is 0 Å². The normalized spacial score (nSPS) is 11.6. The number of aliphatic imine (C=N–C) groups is 1. The van der Waals surface area contributed by atoms with Gasteiger partial charge in [-0.3, -0.25) is 4.98 Å². The zero-order valence-corrected chi connectivity index (χ0v) is 15.1. The maximum Gasteiger partial charge on any atom is 0.573 e. The lowest BCUT2D eigenvalue weighted by atomic mass is 10.3. The van der Waals surface area contributed by atoms with Crippen molar-refractivity contribution >= 4 is 47.2 Å². The van der Waals surface area contributed by atoms with Crippen LogP contribution in [0.4, 0.5) is 18.9 Å². The van der Waals surface area contributed by atoms with Crippen molar-refractivity contribution in [3.05, 3.63) is 53.3 Å². The van der Waals surface area contributed by atoms with Gasteiger partial charge in [0, 0.05) is 11.9 Å². The number of hydrogen-bond acceptors (Lipinski definition) is 3. The van der Waals surface area contributed by atoms with Crippen molar-refractivity contribution in [2.75, 3.05) is 5.32 Å². The number of nitrogens with two attached hydrogens (primary N) is 1. The Balaban J connectivity index is 0.00000288. The van der Waals surface area contributed by atoms with Gasteiger partial charge in [-0.2, -0.15) is 0 Å². The summed E-state index contributed by atoms with van der Waals surface area (Å²) in [4.78, 5) is 8.13. The second-order valence-electron chi connectivity index (χ2n) is 4.37. The van der Waals surface area contributed by atoms with E-state index in [1.54, 1.807) is 12.1 Å². The minimum absolute atomic E-state index is 0. The van der Waals surface area contributed by atoms with Crippen molar-refractivity contribution in [1.82, 2.24) is 4.98 Å². The molecule has 0 unspecified atom stereocenters. The first kappa shape index (κ1) is 20.3. The Morgan fingerprint density at radius 2 is 1.88 bits per heavy atom. The van der Waals surface area contributed by atoms with E-state index in [0.717, 1.165) is 0 Å². The number of aromatic nitrogens is 1. The molecule has 0 atom stereocenters. The Morgan fingerprint density at radius 1 is 1.21 bits per heavy atom. The van der Waals surface area contributed by atoms with E-state index in [0.29, 0.717) is 16.4 Å². The van der Waals surface area contributed by atoms with Crippen LogP contribution in [0.15, 0.2) is 47.6 Å². The summed E-state index contributed by atoms with van der Waals surface area (Å²) < 4.78 is 39.9. The Labute approximate surface area is 158 Å². The molecule has 0 amide bonds. The molecule has 2 aromatic rings. The fourth-order valence-corrected chi connectivity index (χ4v) is 1.71. The van der Waals surface area contributed by atoms with Gasteiger partial charge in [-0.25, -0.2) is 4.99 Å². The minimum Gasteiger partial charge on any atom is -0.406 e. The van der Waals surface area contributed by atoms with E-state index in [9.17, 15) is 13.2 Å². The standard InChI is InChI=1S/C14H12ClF3N4O.HI/c15-9-1-2-11(20-7-9)8-21-13(19)22-10-3-5-12(6-4-10)23-14(16,17)18;/h1-7H,8H2,(H3,19,21,22);1H. The molecule has 1 aromatic carbocycles. The van der Waals surface area contributed by atoms with Crippen molar-refractivity contribution < 1.29 is 17.9 Å². The third-order valence-corrected chi connectivity index (χ3v) is 2.78. The van der Waals surface area contributed by atoms with E-state index < -0.39 is 6.36 Å². The predicted molar refractivity (Wildman–Crippen MR) is 96.7 cm³/mol. The molecule has 3 N–H and O–H groups in total. The van der Waals surface area contributed by atoms with Gasteiger partial charge in [-0.1, -0.05) is 11.6 Å². The zero-order chi connectivity index (χ0) is 16.9. The molecule has 2 rings (SSSR count). The molecule has 0 saturated carbocycles. The van der Waals surface area contributed by atoms with Gasteiger partial charge < -0.3 is 15.8 Å². The number of anilines is 1. The molecule has 1 aromatic heterocycles. The maximum absolute atomic E-state index is 12.0. The monoisotopic (exact) mass is 472 g/mol. The molecule has 0 bridgehead atoms. The summed E-state index contributed by atoms with van der Waals surface area (Å²) in [5, 5.41) is 3.27. The number of halogens is 5. The fraction of sp³-hybridized carbons (Fsp3) is 0.143. The van der Waals surface area contributed by atoms with Crippen molar-refractivity contribution in [3.8, 4) is 5.75 Å². The first-order valence-electron chi connectivity index (χ1n) is 6.35. The Bertz CT molecular complexity index is 678. The van der Waals surface area contributed by atoms with Gasteiger partial charge in [0.25, 0.3) is 0 Å². The van der Waals surface area contributed by atoms with Crippen LogP contribution < -0.4 is 15.8 Å². The Morgan fingerprint density at radius 3 is 2.42 bits per heavy atom. The summed E-state index contributed by atoms with van der Waals surface area (Å²) in [6.07, 6.45) is -3.23. The van der Waals surface area contributed by atoms with Crippen LogP contribution >= 0.6 is 35.6 Å². The summed E-state index contributed by atoms with van der Waals surface area (Å²) in [5.74, 6) is -0.213. The smallest absolute Gasteiger partial charge is 0.406 e. The number of ether oxygens (including phenoxy) is 1. The van der Waals surface area contributed by atoms with E-state index in [-0.39, 0.29) is 42.2 Å². The van der Waals surface area contributed by atoms with Gasteiger partial charge in [0.2, 0.25) is 0 Å². The first-order valence-corrected chi connectivity index (χ1v) is 6.73. The third-order valence-electron chi connectivity index (χ3n) is 2.56. The van der Waals surface area contributed by atoms with Gasteiger partial charge in [0.05, 0.1) is 17.3 Å². The Kier molecular flexibility index (Phi) is 7.55. The lowest BCUT2D eigenvalue weighted by Gasteiger charge is -2.10. The molecule has 0 aliphatic carbocycles. The summed E-state index contributed by atoms with van der Waals surface area (Å²) in [5.41, 5.74) is 6.85. The quantitative estimate of drug-likeness (QED) is 0.398. The van der Waals surface area contributed by atoms with Gasteiger partial charge in [0.15, 0.2) is 5.96 Å². The molecule has 0 aliphatic heterocycles. The molecule has 5 nitrogen and oxygen atoms in total. The average molecular weight is 473 g/mol. The van der Waals surface area contributed by atoms with E-state index in [1.807, 2.05) is 0 Å². The molecule has 0 saturated heterocycles. The fourth-order valence-electron chi connectivity index (χ4n) is 1.59. The number of nitrogens with zero attached hydrogens (tertiary/aromatic N) is 2. The number of rotatable bonds is 4. The molecule has 10 heteroatoms. The topological polar surface area (TPSA) is 72.5 Å². The molecule has 0 aliphatic rings. The minimum atomic E-state index is -4.72. The highest BCUT2D eigenvalue weighted by Gasteiger charge is 2.30. The SMILES string of the molecule is I.NC(=NCc1ccc(Cl)cn1)Nc1ccc(OC(F)(F)F)cc1. The largest absolute Gasteiger partial charge is 0.573 e. The summed E-state index contributed by atoms with van der Waals surface area (Å²) >= 11 is 5.72. The molecule has 0 radical (unpaired) electrons. The van der Waals surface area contributed by atoms with Gasteiger partial charge in [-0.05, 0) is 36.4 Å². The number of alkyl halides is 3. The summed E-state index contributed by atoms with van der Waals surface area (Å²) in [6, 6.07) is 8.52. The van der Waals surface area contributed by atoms with Crippen molar-refractivity contribution in [3.63, 3.8) is 0 Å². The maximum atomic E-state index is 12.0. The van der Waals surface area contributed by atoms with E-state index in [1.165, 1.54) is 30.5 Å². The van der Waals surface area contributed by atoms with Gasteiger partial charge in [-0.15, -0.1) is 37.1 Å². The van der Waals surface area contributed by atoms with E-state index in [4.69, 9.17) is 17.3 Å². The number of pyridine rings is 1. The van der Waals surface area contributed by atoms with Crippen LogP contribution in [0.2, 0.25) is 5.02 Å². The van der Waals surface area contributed by atoms with Crippen LogP contribution in [0.1, 0.15) is 5.69 Å². The highest BCUT2D eigenvalue weighted by Crippen LogP contribution is 2.23. The molecule has 130 valence electrons. The van der Waals surface area contributed by atoms with Gasteiger partial charge in [0.1, 0.15) is 5.75 Å². The van der Waals surface area contributed by atoms with Crippen molar-refractivity contribution in [2.45, 2.75) is 12.9 Å². The van der Waals surface area contributed by atoms with Crippen LogP contribution in [-0.4, -0.2) is 17.3 Å². The lowest BCUT2D eigenvalue weighted by Crippen LogP contribution is -2.22. The predicted octanol–water partition coefficient (Wildman–Crippen LogP) is 4.18. The zero-order valence-electron chi connectivity index (χ0n) is 12.0. The van der Waals surface area contributed by atoms with Gasteiger partial charge >= 0.3 is 6.36 Å². The summed E-state index contributed by atoms with van der Waals surface area (Å²) in [6.45, 7) is 0.241. The van der Waals surface area contributed by atoms with Crippen LogP contribution in [-0.2, 0) is 6.54 Å². The first-order chi connectivity index (χ1) is 10.8. The second kappa shape index (κ2) is 8.92. The molecule has 0 spiro atoms. The highest BCUT2D eigenvalue weighted by molar-refractivity contribution is 14.0. The van der Waals surface area contributed by atoms with Crippen molar-refractivity contribution in [1.29, 1.82) is 0 Å². The highest BCUT2D eigenvalue weighted by atomic mass is 127. The summed E-state index contributed by atoms with van der Waals surface area (Å²) in [7, 11) is 0. The van der Waals surface area contributed by atoms with E-state index in [2.05, 4.69) is 20.0 Å². The Hall–Kier alpha value is -1.75. The second-order valence-corrected chi connectivity index (χ2v) is 4.80. The number of guanidine groups is 1. The molecular weight excluding hydrogens is 460 g/mol. The lowest BCUT2D eigenvalue weighted by molar-refractivity contribution is -0.274. The molecule has 0 fully saturated rings. The van der Waals surface area contributed by atoms with Crippen molar-refractivity contribution in [2.24, 2.45) is 10.7 Å². The number of nitrogens with one attached hydrogen (secondary N) is 1. The molecule has 24 heavy (non-hydrogen) atoms. The number of hydrogen-bond donors (Lipinski definition) is 2. The average Bonchev–Trinajstić information content (AvgIpc) is 2.47. The molecule has 1 heterocycles. The van der Waals surface area contributed by atoms with Crippen LogP contribution in [0.5, 0.6) is 5.75 Å². The third kappa shape index (κ3) is 7.21. The van der Waals surface area contributed by atoms with E-state index >= 15 is 0 Å². The van der Waals surface area contributed by atoms with Crippen LogP contribution in [0.3, 0.4) is 0 Å². The van der Waals surface area contributed by atoms with Crippen LogP contribution in [0.25, 0.3) is 0 Å². The number of benzene rings is 1. The molecular formula is C14H13ClF3IN4O.